The zero-order valence-electron chi connectivity index (χ0n) is 8.13. The van der Waals surface area contributed by atoms with E-state index in [9.17, 15) is 4.79 Å². The van der Waals surface area contributed by atoms with Crippen LogP contribution >= 0.6 is 0 Å². The summed E-state index contributed by atoms with van der Waals surface area (Å²) in [4.78, 5) is 14.1. The molecule has 0 spiro atoms. The summed E-state index contributed by atoms with van der Waals surface area (Å²) in [5.41, 5.74) is 8.59. The van der Waals surface area contributed by atoms with Gasteiger partial charge >= 0.3 is 0 Å². The predicted octanol–water partition coefficient (Wildman–Crippen LogP) is 2.67. The first kappa shape index (κ1) is 11.1. The summed E-state index contributed by atoms with van der Waals surface area (Å²) >= 11 is 0. The average Bonchev–Trinajstić information content (AvgIpc) is 2.25. The highest BCUT2D eigenvalue weighted by atomic mass is 16.3. The van der Waals surface area contributed by atoms with Gasteiger partial charge in [-0.1, -0.05) is 5.11 Å². The molecule has 0 heterocycles. The first-order valence-electron chi connectivity index (χ1n) is 4.57. The van der Waals surface area contributed by atoms with Crippen LogP contribution in [0.2, 0.25) is 0 Å². The van der Waals surface area contributed by atoms with Gasteiger partial charge in [0.2, 0.25) is 0 Å². The third-order valence-corrected chi connectivity index (χ3v) is 1.91. The Labute approximate surface area is 87.0 Å². The Morgan fingerprint density at radius 1 is 1.40 bits per heavy atom. The molecule has 5 heteroatoms. The molecular weight excluding hydrogens is 194 g/mol. The summed E-state index contributed by atoms with van der Waals surface area (Å²) < 4.78 is 0. The Morgan fingerprint density at radius 3 is 2.67 bits per heavy atom. The van der Waals surface area contributed by atoms with Crippen LogP contribution in [0, 0.1) is 0 Å². The largest absolute Gasteiger partial charge is 0.508 e. The van der Waals surface area contributed by atoms with Gasteiger partial charge in [-0.3, -0.25) is 4.79 Å². The van der Waals surface area contributed by atoms with E-state index >= 15 is 0 Å². The maximum absolute atomic E-state index is 11.5. The van der Waals surface area contributed by atoms with Crippen LogP contribution in [0.4, 0.5) is 0 Å². The van der Waals surface area contributed by atoms with Crippen molar-refractivity contribution in [2.75, 3.05) is 6.54 Å². The number of hydrogen-bond acceptors (Lipinski definition) is 3. The summed E-state index contributed by atoms with van der Waals surface area (Å²) in [5, 5.41) is 12.4. The minimum absolute atomic E-state index is 0.0110. The number of carbonyl (C=O) groups is 1. The van der Waals surface area contributed by atoms with Crippen LogP contribution < -0.4 is 0 Å². The number of hydrogen-bond donors (Lipinski definition) is 1. The summed E-state index contributed by atoms with van der Waals surface area (Å²) in [5.74, 6) is 0.128. The lowest BCUT2D eigenvalue weighted by molar-refractivity contribution is 0.0981. The standard InChI is InChI=1S/C10H11N3O2/c11-13-12-7-1-2-10(15)8-3-5-9(14)6-4-8/h3-6,14H,1-2,7H2. The quantitative estimate of drug-likeness (QED) is 0.263. The van der Waals surface area contributed by atoms with Gasteiger partial charge in [-0.2, -0.15) is 0 Å². The molecule has 0 unspecified atom stereocenters. The van der Waals surface area contributed by atoms with E-state index < -0.39 is 0 Å². The fourth-order valence-corrected chi connectivity index (χ4v) is 1.15. The van der Waals surface area contributed by atoms with E-state index in [0.29, 0.717) is 24.9 Å². The van der Waals surface area contributed by atoms with Crippen LogP contribution in [-0.4, -0.2) is 17.4 Å². The molecular formula is C10H11N3O2. The number of phenols is 1. The Bertz CT molecular complexity index is 380. The molecule has 0 atom stereocenters. The number of phenolic OH excluding ortho intramolecular Hbond substituents is 1. The summed E-state index contributed by atoms with van der Waals surface area (Å²) in [6.45, 7) is 0.334. The van der Waals surface area contributed by atoms with E-state index in [1.54, 1.807) is 12.1 Å². The van der Waals surface area contributed by atoms with Crippen LogP contribution in [0.5, 0.6) is 5.75 Å². The van der Waals surface area contributed by atoms with E-state index in [1.165, 1.54) is 12.1 Å². The molecule has 0 aliphatic carbocycles. The molecule has 0 saturated carbocycles. The minimum atomic E-state index is -0.0110. The zero-order valence-corrected chi connectivity index (χ0v) is 8.13. The number of benzene rings is 1. The van der Waals surface area contributed by atoms with Crippen molar-refractivity contribution in [3.63, 3.8) is 0 Å². The first-order chi connectivity index (χ1) is 7.24. The molecule has 0 aliphatic rings. The highest BCUT2D eigenvalue weighted by Gasteiger charge is 2.04. The number of ketones is 1. The average molecular weight is 205 g/mol. The summed E-state index contributed by atoms with van der Waals surface area (Å²) in [6, 6.07) is 6.10. The molecule has 0 aromatic heterocycles. The Hall–Kier alpha value is -2.00. The van der Waals surface area contributed by atoms with Gasteiger partial charge < -0.3 is 5.11 Å². The Morgan fingerprint density at radius 2 is 2.07 bits per heavy atom. The van der Waals surface area contributed by atoms with Crippen LogP contribution in [-0.2, 0) is 0 Å². The van der Waals surface area contributed by atoms with Crippen molar-refractivity contribution < 1.29 is 9.90 Å². The molecule has 5 nitrogen and oxygen atoms in total. The monoisotopic (exact) mass is 205 g/mol. The second kappa shape index (κ2) is 5.67. The lowest BCUT2D eigenvalue weighted by Gasteiger charge is -1.99. The van der Waals surface area contributed by atoms with Crippen molar-refractivity contribution in [3.05, 3.63) is 40.3 Å². The fourth-order valence-electron chi connectivity index (χ4n) is 1.15. The van der Waals surface area contributed by atoms with Gasteiger partial charge in [-0.05, 0) is 36.2 Å². The number of rotatable bonds is 5. The van der Waals surface area contributed by atoms with Gasteiger partial charge in [-0.25, -0.2) is 0 Å². The number of Topliss-reactive ketones (excluding diaryl/α,β-unsaturated/α-hetero) is 1. The molecule has 1 N–H and O–H groups in total. The molecule has 15 heavy (non-hydrogen) atoms. The Kier molecular flexibility index (Phi) is 4.19. The molecule has 0 amide bonds. The molecule has 78 valence electrons. The molecule has 0 radical (unpaired) electrons. The van der Waals surface area contributed by atoms with Gasteiger partial charge in [0.05, 0.1) is 0 Å². The smallest absolute Gasteiger partial charge is 0.162 e. The van der Waals surface area contributed by atoms with Gasteiger partial charge in [0, 0.05) is 23.4 Å². The lowest BCUT2D eigenvalue weighted by Crippen LogP contribution is -1.99. The summed E-state index contributed by atoms with van der Waals surface area (Å²) in [7, 11) is 0. The lowest BCUT2D eigenvalue weighted by atomic mass is 10.1. The highest BCUT2D eigenvalue weighted by Crippen LogP contribution is 2.11. The maximum Gasteiger partial charge on any atom is 0.162 e. The van der Waals surface area contributed by atoms with E-state index in [0.717, 1.165) is 0 Å². The van der Waals surface area contributed by atoms with E-state index in [-0.39, 0.29) is 11.5 Å². The van der Waals surface area contributed by atoms with Crippen molar-refractivity contribution in [1.29, 1.82) is 0 Å². The van der Waals surface area contributed by atoms with E-state index in [1.807, 2.05) is 0 Å². The van der Waals surface area contributed by atoms with Gasteiger partial charge in [0.1, 0.15) is 5.75 Å². The first-order valence-corrected chi connectivity index (χ1v) is 4.57. The van der Waals surface area contributed by atoms with Crippen molar-refractivity contribution in [3.8, 4) is 5.75 Å². The molecule has 1 aromatic rings. The van der Waals surface area contributed by atoms with Crippen molar-refractivity contribution in [2.45, 2.75) is 12.8 Å². The van der Waals surface area contributed by atoms with Crippen molar-refractivity contribution in [1.82, 2.24) is 0 Å². The fraction of sp³-hybridized carbons (Fsp3) is 0.300. The number of nitrogens with zero attached hydrogens (tertiary/aromatic N) is 3. The second-order valence-corrected chi connectivity index (χ2v) is 3.03. The molecule has 0 bridgehead atoms. The minimum Gasteiger partial charge on any atom is -0.508 e. The SMILES string of the molecule is [N-]=[N+]=NCCCC(=O)c1ccc(O)cc1. The number of carbonyl (C=O) groups excluding carboxylic acids is 1. The third-order valence-electron chi connectivity index (χ3n) is 1.91. The van der Waals surface area contributed by atoms with Gasteiger partial charge in [0.25, 0.3) is 0 Å². The normalized spacial score (nSPS) is 9.33. The van der Waals surface area contributed by atoms with Gasteiger partial charge in [-0.15, -0.1) is 0 Å². The topological polar surface area (TPSA) is 86.1 Å². The number of aromatic hydroxyl groups is 1. The third kappa shape index (κ3) is 3.70. The highest BCUT2D eigenvalue weighted by molar-refractivity contribution is 5.96. The van der Waals surface area contributed by atoms with Gasteiger partial charge in [0.15, 0.2) is 5.78 Å². The van der Waals surface area contributed by atoms with Crippen LogP contribution in [0.25, 0.3) is 10.4 Å². The summed E-state index contributed by atoms with van der Waals surface area (Å²) in [6.07, 6.45) is 0.896. The maximum atomic E-state index is 11.5. The van der Waals surface area contributed by atoms with Crippen LogP contribution in [0.1, 0.15) is 23.2 Å². The molecule has 0 fully saturated rings. The van der Waals surface area contributed by atoms with E-state index in [4.69, 9.17) is 10.6 Å². The Balaban J connectivity index is 2.46. The van der Waals surface area contributed by atoms with Crippen molar-refractivity contribution >= 4 is 5.78 Å². The van der Waals surface area contributed by atoms with Crippen LogP contribution in [0.3, 0.4) is 0 Å². The van der Waals surface area contributed by atoms with Crippen molar-refractivity contribution in [2.24, 2.45) is 5.11 Å². The molecule has 1 rings (SSSR count). The number of azide groups is 1. The second-order valence-electron chi connectivity index (χ2n) is 3.03. The molecule has 0 saturated heterocycles. The molecule has 1 aromatic carbocycles. The van der Waals surface area contributed by atoms with E-state index in [2.05, 4.69) is 10.0 Å². The van der Waals surface area contributed by atoms with Crippen LogP contribution in [0.15, 0.2) is 29.4 Å². The predicted molar refractivity (Wildman–Crippen MR) is 55.7 cm³/mol. The zero-order chi connectivity index (χ0) is 11.1. The molecule has 0 aliphatic heterocycles.